The molecule has 1 atom stereocenters. The molecule has 0 aliphatic heterocycles. The standard InChI is InChI=1S/C23H25ClFN3O2/c1-11(2)29-19-9-15-13(5)21-22(16(15)10-20(19)30-12(3)4)27-28-23(21)26-14-6-7-18(25)17(24)8-14/h6-13H,1-5H3,(H2,26,27,28). The van der Waals surface area contributed by atoms with Crippen LogP contribution in [0.5, 0.6) is 11.5 Å². The van der Waals surface area contributed by atoms with Gasteiger partial charge in [-0.25, -0.2) is 4.39 Å². The van der Waals surface area contributed by atoms with Crippen molar-refractivity contribution in [3.8, 4) is 22.8 Å². The van der Waals surface area contributed by atoms with Crippen molar-refractivity contribution in [3.63, 3.8) is 0 Å². The number of nitrogens with zero attached hydrogens (tertiary/aromatic N) is 1. The lowest BCUT2D eigenvalue weighted by Gasteiger charge is -2.19. The van der Waals surface area contributed by atoms with Gasteiger partial charge in [-0.3, -0.25) is 5.10 Å². The van der Waals surface area contributed by atoms with E-state index in [0.717, 1.165) is 34.0 Å². The Bertz CT molecular complexity index is 1090. The maximum atomic E-state index is 13.5. The van der Waals surface area contributed by atoms with Gasteiger partial charge >= 0.3 is 0 Å². The number of nitrogens with one attached hydrogen (secondary N) is 2. The largest absolute Gasteiger partial charge is 0.487 e. The van der Waals surface area contributed by atoms with Crippen LogP contribution in [-0.4, -0.2) is 22.4 Å². The van der Waals surface area contributed by atoms with Crippen LogP contribution in [0.4, 0.5) is 15.9 Å². The minimum atomic E-state index is -0.451. The molecular formula is C23H25ClFN3O2. The molecule has 1 aliphatic carbocycles. The van der Waals surface area contributed by atoms with Crippen molar-refractivity contribution in [2.24, 2.45) is 0 Å². The lowest BCUT2D eigenvalue weighted by atomic mass is 9.99. The number of aromatic amines is 1. The molecule has 0 fully saturated rings. The summed E-state index contributed by atoms with van der Waals surface area (Å²) in [5, 5.41) is 11.0. The van der Waals surface area contributed by atoms with Crippen molar-refractivity contribution in [1.82, 2.24) is 10.2 Å². The first-order chi connectivity index (χ1) is 14.2. The molecule has 3 aromatic rings. The number of H-pyrrole nitrogens is 1. The summed E-state index contributed by atoms with van der Waals surface area (Å²) >= 11 is 5.92. The van der Waals surface area contributed by atoms with Gasteiger partial charge in [0.1, 0.15) is 11.6 Å². The van der Waals surface area contributed by atoms with Crippen LogP contribution in [0.1, 0.15) is 51.7 Å². The highest BCUT2D eigenvalue weighted by atomic mass is 35.5. The van der Waals surface area contributed by atoms with Gasteiger partial charge in [0.15, 0.2) is 11.5 Å². The lowest BCUT2D eigenvalue weighted by molar-refractivity contribution is 0.198. The highest BCUT2D eigenvalue weighted by Gasteiger charge is 2.33. The molecule has 2 N–H and O–H groups in total. The second-order valence-electron chi connectivity index (χ2n) is 8.06. The van der Waals surface area contributed by atoms with Gasteiger partial charge in [-0.15, -0.1) is 0 Å². The number of rotatable bonds is 6. The fourth-order valence-corrected chi connectivity index (χ4v) is 3.96. The number of ether oxygens (including phenoxy) is 2. The summed E-state index contributed by atoms with van der Waals surface area (Å²) in [6, 6.07) is 8.60. The van der Waals surface area contributed by atoms with E-state index in [-0.39, 0.29) is 23.1 Å². The van der Waals surface area contributed by atoms with E-state index in [1.807, 2.05) is 33.8 Å². The normalized spacial score (nSPS) is 14.8. The molecule has 1 aromatic heterocycles. The zero-order valence-corrected chi connectivity index (χ0v) is 18.4. The smallest absolute Gasteiger partial charge is 0.162 e. The molecule has 5 nitrogen and oxygen atoms in total. The number of aromatic nitrogens is 2. The van der Waals surface area contributed by atoms with E-state index in [4.69, 9.17) is 21.1 Å². The Morgan fingerprint density at radius 3 is 2.37 bits per heavy atom. The Labute approximate surface area is 180 Å². The van der Waals surface area contributed by atoms with E-state index in [2.05, 4.69) is 28.5 Å². The minimum absolute atomic E-state index is 0.0236. The van der Waals surface area contributed by atoms with Gasteiger partial charge in [0.2, 0.25) is 0 Å². The Morgan fingerprint density at radius 2 is 1.73 bits per heavy atom. The molecule has 7 heteroatoms. The molecule has 30 heavy (non-hydrogen) atoms. The molecule has 1 unspecified atom stereocenters. The lowest BCUT2D eigenvalue weighted by Crippen LogP contribution is -2.11. The van der Waals surface area contributed by atoms with Crippen molar-refractivity contribution in [2.75, 3.05) is 5.32 Å². The summed E-state index contributed by atoms with van der Waals surface area (Å²) < 4.78 is 25.5. The zero-order valence-electron chi connectivity index (χ0n) is 17.6. The SMILES string of the molecule is CC(C)Oc1cc2c(cc1OC(C)C)C(C)c1c-2n[nH]c1Nc1ccc(F)c(Cl)c1. The second-order valence-corrected chi connectivity index (χ2v) is 8.46. The molecule has 2 aromatic carbocycles. The van der Waals surface area contributed by atoms with Gasteiger partial charge in [-0.1, -0.05) is 18.5 Å². The molecule has 1 aliphatic rings. The molecule has 4 rings (SSSR count). The molecule has 1 heterocycles. The quantitative estimate of drug-likeness (QED) is 0.460. The average molecular weight is 430 g/mol. The van der Waals surface area contributed by atoms with Crippen molar-refractivity contribution >= 4 is 23.1 Å². The van der Waals surface area contributed by atoms with Crippen LogP contribution in [0.3, 0.4) is 0 Å². The van der Waals surface area contributed by atoms with Crippen molar-refractivity contribution < 1.29 is 13.9 Å². The summed E-state index contributed by atoms with van der Waals surface area (Å²) in [7, 11) is 0. The molecule has 158 valence electrons. The van der Waals surface area contributed by atoms with Gasteiger partial charge in [0.25, 0.3) is 0 Å². The summed E-state index contributed by atoms with van der Waals surface area (Å²) in [6.07, 6.45) is 0.0583. The van der Waals surface area contributed by atoms with Crippen LogP contribution in [-0.2, 0) is 0 Å². The van der Waals surface area contributed by atoms with Crippen LogP contribution >= 0.6 is 11.6 Å². The fourth-order valence-electron chi connectivity index (χ4n) is 3.78. The van der Waals surface area contributed by atoms with Crippen LogP contribution < -0.4 is 14.8 Å². The topological polar surface area (TPSA) is 59.2 Å². The van der Waals surface area contributed by atoms with E-state index in [1.165, 1.54) is 6.07 Å². The average Bonchev–Trinajstić information content (AvgIpc) is 3.18. The van der Waals surface area contributed by atoms with E-state index in [0.29, 0.717) is 11.4 Å². The van der Waals surface area contributed by atoms with Crippen molar-refractivity contribution in [3.05, 3.63) is 52.3 Å². The van der Waals surface area contributed by atoms with Crippen molar-refractivity contribution in [2.45, 2.75) is 52.7 Å². The maximum Gasteiger partial charge on any atom is 0.162 e. The summed E-state index contributed by atoms with van der Waals surface area (Å²) in [6.45, 7) is 10.1. The third-order valence-corrected chi connectivity index (χ3v) is 5.28. The Morgan fingerprint density at radius 1 is 1.07 bits per heavy atom. The number of fused-ring (bicyclic) bond motifs is 3. The first-order valence-corrected chi connectivity index (χ1v) is 10.4. The predicted molar refractivity (Wildman–Crippen MR) is 118 cm³/mol. The highest BCUT2D eigenvalue weighted by molar-refractivity contribution is 6.31. The van der Waals surface area contributed by atoms with Gasteiger partial charge in [-0.2, -0.15) is 5.10 Å². The summed E-state index contributed by atoms with van der Waals surface area (Å²) in [5.41, 5.74) is 4.75. The van der Waals surface area contributed by atoms with Crippen LogP contribution in [0.15, 0.2) is 30.3 Å². The molecule has 0 spiro atoms. The first kappa shape index (κ1) is 20.5. The number of anilines is 2. The van der Waals surface area contributed by atoms with E-state index >= 15 is 0 Å². The summed E-state index contributed by atoms with van der Waals surface area (Å²) in [4.78, 5) is 0. The van der Waals surface area contributed by atoms with Crippen molar-refractivity contribution in [1.29, 1.82) is 0 Å². The molecule has 0 amide bonds. The summed E-state index contributed by atoms with van der Waals surface area (Å²) in [5.74, 6) is 1.84. The predicted octanol–water partition coefficient (Wildman–Crippen LogP) is 6.65. The number of benzene rings is 2. The van der Waals surface area contributed by atoms with Gasteiger partial charge in [0.05, 0.1) is 22.9 Å². The first-order valence-electron chi connectivity index (χ1n) is 10.1. The molecule has 0 saturated heterocycles. The Hall–Kier alpha value is -2.73. The van der Waals surface area contributed by atoms with Gasteiger partial charge < -0.3 is 14.8 Å². The number of hydrogen-bond donors (Lipinski definition) is 2. The third kappa shape index (κ3) is 3.72. The molecule has 0 bridgehead atoms. The molecule has 0 radical (unpaired) electrons. The zero-order chi connectivity index (χ0) is 21.6. The maximum absolute atomic E-state index is 13.5. The second kappa shape index (κ2) is 7.84. The van der Waals surface area contributed by atoms with E-state index < -0.39 is 5.82 Å². The number of hydrogen-bond acceptors (Lipinski definition) is 4. The van der Waals surface area contributed by atoms with Gasteiger partial charge in [0, 0.05) is 22.7 Å². The van der Waals surface area contributed by atoms with Crippen LogP contribution in [0, 0.1) is 5.82 Å². The monoisotopic (exact) mass is 429 g/mol. The Kier molecular flexibility index (Phi) is 5.36. The van der Waals surface area contributed by atoms with Crippen LogP contribution in [0.2, 0.25) is 5.02 Å². The molecular weight excluding hydrogens is 405 g/mol. The van der Waals surface area contributed by atoms with E-state index in [1.54, 1.807) is 12.1 Å². The molecule has 0 saturated carbocycles. The third-order valence-electron chi connectivity index (χ3n) is 4.99. The Balaban J connectivity index is 1.73. The van der Waals surface area contributed by atoms with E-state index in [9.17, 15) is 4.39 Å². The number of halogens is 2. The minimum Gasteiger partial charge on any atom is -0.487 e. The fraction of sp³-hybridized carbons (Fsp3) is 0.348. The van der Waals surface area contributed by atoms with Gasteiger partial charge in [-0.05, 0) is 63.6 Å². The van der Waals surface area contributed by atoms with Crippen LogP contribution in [0.25, 0.3) is 11.3 Å². The highest BCUT2D eigenvalue weighted by Crippen LogP contribution is 2.50.